The molecule has 31 heavy (non-hydrogen) atoms. The molecule has 8 nitrogen and oxygen atoms in total. The molecule has 0 fully saturated rings. The van der Waals surface area contributed by atoms with Gasteiger partial charge in [-0.05, 0) is 59.2 Å². The van der Waals surface area contributed by atoms with Gasteiger partial charge in [-0.3, -0.25) is 4.79 Å². The van der Waals surface area contributed by atoms with Gasteiger partial charge in [-0.15, -0.1) is 5.10 Å². The van der Waals surface area contributed by atoms with Gasteiger partial charge in [0, 0.05) is 11.4 Å². The van der Waals surface area contributed by atoms with Gasteiger partial charge in [0.2, 0.25) is 11.1 Å². The predicted molar refractivity (Wildman–Crippen MR) is 122 cm³/mol. The highest BCUT2D eigenvalue weighted by atomic mass is 32.2. The van der Waals surface area contributed by atoms with Crippen molar-refractivity contribution in [3.8, 4) is 5.69 Å². The molecule has 0 spiro atoms. The number of nitrogens with zero attached hydrogens (tertiary/aromatic N) is 6. The second kappa shape index (κ2) is 8.14. The number of amides is 1. The van der Waals surface area contributed by atoms with Crippen LogP contribution in [-0.2, 0) is 4.79 Å². The lowest BCUT2D eigenvalue weighted by molar-refractivity contribution is -0.113. The average molecular weight is 436 g/mol. The van der Waals surface area contributed by atoms with Gasteiger partial charge < -0.3 is 5.32 Å². The molecule has 3 aromatic heterocycles. The Bertz CT molecular complexity index is 1290. The number of hydrogen-bond donors (Lipinski definition) is 1. The first-order valence-electron chi connectivity index (χ1n) is 10.0. The van der Waals surface area contributed by atoms with E-state index in [0.29, 0.717) is 10.9 Å². The van der Waals surface area contributed by atoms with Crippen LogP contribution >= 0.6 is 11.8 Å². The maximum absolute atomic E-state index is 12.6. The molecule has 1 aromatic carbocycles. The van der Waals surface area contributed by atoms with Crippen molar-refractivity contribution in [1.29, 1.82) is 0 Å². The third kappa shape index (κ3) is 4.05. The van der Waals surface area contributed by atoms with Crippen LogP contribution in [0, 0.1) is 41.5 Å². The van der Waals surface area contributed by atoms with E-state index >= 15 is 0 Å². The SMILES string of the molecule is Cc1ccc(-n2nc(C)c(NC(=O)CSc3nc4nc(C)c(C)c(C)n4n3)c2C)cc1. The molecule has 0 saturated heterocycles. The van der Waals surface area contributed by atoms with Crippen molar-refractivity contribution in [1.82, 2.24) is 29.4 Å². The fourth-order valence-corrected chi connectivity index (χ4v) is 3.98. The first kappa shape index (κ1) is 21.0. The smallest absolute Gasteiger partial charge is 0.253 e. The number of anilines is 1. The standard InChI is InChI=1S/C22H25N7OS/c1-12-7-9-18(10-8-12)28-17(6)20(15(4)26-28)24-19(30)11-31-22-25-21-23-14(3)13(2)16(5)29(21)27-22/h7-10H,11H2,1-6H3,(H,24,30). The summed E-state index contributed by atoms with van der Waals surface area (Å²) in [7, 11) is 0. The largest absolute Gasteiger partial charge is 0.322 e. The summed E-state index contributed by atoms with van der Waals surface area (Å²) in [5.74, 6) is 0.618. The van der Waals surface area contributed by atoms with Crippen LogP contribution in [0.1, 0.15) is 33.9 Å². The van der Waals surface area contributed by atoms with Crippen molar-refractivity contribution in [2.75, 3.05) is 11.1 Å². The van der Waals surface area contributed by atoms with E-state index in [1.807, 2.05) is 70.5 Å². The molecular weight excluding hydrogens is 410 g/mol. The number of carbonyl (C=O) groups is 1. The molecule has 0 bridgehead atoms. The molecule has 0 aliphatic carbocycles. The fourth-order valence-electron chi connectivity index (χ4n) is 3.37. The molecule has 9 heteroatoms. The lowest BCUT2D eigenvalue weighted by atomic mass is 10.2. The summed E-state index contributed by atoms with van der Waals surface area (Å²) < 4.78 is 3.57. The summed E-state index contributed by atoms with van der Waals surface area (Å²) in [6.45, 7) is 11.9. The van der Waals surface area contributed by atoms with Gasteiger partial charge in [-0.1, -0.05) is 29.5 Å². The van der Waals surface area contributed by atoms with Crippen LogP contribution in [0.5, 0.6) is 0 Å². The van der Waals surface area contributed by atoms with Crippen molar-refractivity contribution in [3.05, 3.63) is 58.2 Å². The molecule has 0 radical (unpaired) electrons. The molecule has 0 aliphatic rings. The summed E-state index contributed by atoms with van der Waals surface area (Å²) in [4.78, 5) is 21.5. The van der Waals surface area contributed by atoms with Crippen molar-refractivity contribution in [3.63, 3.8) is 0 Å². The molecule has 3 heterocycles. The molecule has 0 unspecified atom stereocenters. The maximum atomic E-state index is 12.6. The Balaban J connectivity index is 1.48. The quantitative estimate of drug-likeness (QED) is 0.478. The third-order valence-electron chi connectivity index (χ3n) is 5.41. The second-order valence-electron chi connectivity index (χ2n) is 7.64. The topological polar surface area (TPSA) is 90.0 Å². The highest BCUT2D eigenvalue weighted by molar-refractivity contribution is 7.99. The lowest BCUT2D eigenvalue weighted by Gasteiger charge is -2.07. The van der Waals surface area contributed by atoms with E-state index in [4.69, 9.17) is 0 Å². The summed E-state index contributed by atoms with van der Waals surface area (Å²) in [5.41, 5.74) is 7.56. The normalized spacial score (nSPS) is 11.3. The molecule has 4 aromatic rings. The fraction of sp³-hybridized carbons (Fsp3) is 0.318. The van der Waals surface area contributed by atoms with E-state index in [1.54, 1.807) is 4.52 Å². The van der Waals surface area contributed by atoms with Crippen LogP contribution in [0.25, 0.3) is 11.5 Å². The van der Waals surface area contributed by atoms with E-state index in [9.17, 15) is 4.79 Å². The number of aryl methyl sites for hydroxylation is 4. The van der Waals surface area contributed by atoms with Crippen LogP contribution in [-0.4, -0.2) is 41.0 Å². The van der Waals surface area contributed by atoms with Crippen LogP contribution in [0.2, 0.25) is 0 Å². The monoisotopic (exact) mass is 435 g/mol. The number of thioether (sulfide) groups is 1. The predicted octanol–water partition coefficient (Wildman–Crippen LogP) is 3.89. The lowest BCUT2D eigenvalue weighted by Crippen LogP contribution is -2.15. The highest BCUT2D eigenvalue weighted by Crippen LogP contribution is 2.24. The molecule has 1 N–H and O–H groups in total. The Morgan fingerprint density at radius 1 is 0.935 bits per heavy atom. The zero-order valence-electron chi connectivity index (χ0n) is 18.5. The highest BCUT2D eigenvalue weighted by Gasteiger charge is 2.17. The summed E-state index contributed by atoms with van der Waals surface area (Å²) in [6, 6.07) is 8.12. The Morgan fingerprint density at radius 2 is 1.65 bits per heavy atom. The summed E-state index contributed by atoms with van der Waals surface area (Å²) in [6.07, 6.45) is 0. The Kier molecular flexibility index (Phi) is 5.53. The second-order valence-corrected chi connectivity index (χ2v) is 8.59. The van der Waals surface area contributed by atoms with Crippen LogP contribution in [0.4, 0.5) is 5.69 Å². The number of fused-ring (bicyclic) bond motifs is 1. The van der Waals surface area contributed by atoms with E-state index in [2.05, 4.69) is 25.5 Å². The molecule has 0 atom stereocenters. The van der Waals surface area contributed by atoms with Gasteiger partial charge in [0.05, 0.1) is 28.5 Å². The van der Waals surface area contributed by atoms with E-state index < -0.39 is 0 Å². The van der Waals surface area contributed by atoms with Crippen molar-refractivity contribution >= 4 is 29.1 Å². The first-order valence-corrected chi connectivity index (χ1v) is 11.0. The number of nitrogens with one attached hydrogen (secondary N) is 1. The van der Waals surface area contributed by atoms with Crippen molar-refractivity contribution < 1.29 is 4.79 Å². The van der Waals surface area contributed by atoms with Gasteiger partial charge in [0.15, 0.2) is 0 Å². The van der Waals surface area contributed by atoms with E-state index in [1.165, 1.54) is 17.3 Å². The molecule has 1 amide bonds. The van der Waals surface area contributed by atoms with Crippen LogP contribution in [0.3, 0.4) is 0 Å². The number of hydrogen-bond acceptors (Lipinski definition) is 6. The molecule has 160 valence electrons. The first-order chi connectivity index (χ1) is 14.7. The Labute approximate surface area is 185 Å². The Hall–Kier alpha value is -3.20. The minimum Gasteiger partial charge on any atom is -0.322 e. The van der Waals surface area contributed by atoms with Gasteiger partial charge in [-0.25, -0.2) is 14.2 Å². The van der Waals surface area contributed by atoms with Crippen LogP contribution < -0.4 is 5.32 Å². The van der Waals surface area contributed by atoms with Gasteiger partial charge in [0.1, 0.15) is 0 Å². The summed E-state index contributed by atoms with van der Waals surface area (Å²) in [5, 5.41) is 12.6. The minimum absolute atomic E-state index is 0.129. The Morgan fingerprint density at radius 3 is 2.35 bits per heavy atom. The number of rotatable bonds is 5. The van der Waals surface area contributed by atoms with E-state index in [-0.39, 0.29) is 11.7 Å². The van der Waals surface area contributed by atoms with Crippen molar-refractivity contribution in [2.45, 2.75) is 46.7 Å². The van der Waals surface area contributed by atoms with Gasteiger partial charge in [0.25, 0.3) is 5.78 Å². The van der Waals surface area contributed by atoms with Gasteiger partial charge in [-0.2, -0.15) is 10.1 Å². The van der Waals surface area contributed by atoms with Crippen molar-refractivity contribution in [2.24, 2.45) is 0 Å². The number of aromatic nitrogens is 6. The van der Waals surface area contributed by atoms with Gasteiger partial charge >= 0.3 is 0 Å². The molecule has 0 saturated carbocycles. The third-order valence-corrected chi connectivity index (χ3v) is 6.25. The molecule has 4 rings (SSSR count). The number of benzene rings is 1. The minimum atomic E-state index is -0.129. The molecular formula is C22H25N7OS. The zero-order valence-corrected chi connectivity index (χ0v) is 19.3. The zero-order chi connectivity index (χ0) is 22.3. The molecule has 0 aliphatic heterocycles. The number of carbonyl (C=O) groups excluding carboxylic acids is 1. The average Bonchev–Trinajstić information content (AvgIpc) is 3.27. The maximum Gasteiger partial charge on any atom is 0.253 e. The van der Waals surface area contributed by atoms with E-state index in [0.717, 1.165) is 39.7 Å². The summed E-state index contributed by atoms with van der Waals surface area (Å²) >= 11 is 1.29. The van der Waals surface area contributed by atoms with Crippen LogP contribution in [0.15, 0.2) is 29.4 Å².